The van der Waals surface area contributed by atoms with Gasteiger partial charge in [0.05, 0.1) is 12.2 Å². The first-order valence-corrected chi connectivity index (χ1v) is 9.04. The molecule has 2 N–H and O–H groups in total. The van der Waals surface area contributed by atoms with Crippen LogP contribution in [0.5, 0.6) is 0 Å². The Morgan fingerprint density at radius 2 is 1.81 bits per heavy atom. The van der Waals surface area contributed by atoms with Crippen LogP contribution in [0.3, 0.4) is 0 Å². The Kier molecular flexibility index (Phi) is 2.90. The lowest BCUT2D eigenvalue weighted by Crippen LogP contribution is -2.62. The molecule has 140 valence electrons. The predicted octanol–water partition coefficient (Wildman–Crippen LogP) is 0.758. The highest BCUT2D eigenvalue weighted by atomic mass is 16.6. The van der Waals surface area contributed by atoms with Crippen LogP contribution in [0, 0.1) is 11.3 Å². The van der Waals surface area contributed by atoms with Crippen molar-refractivity contribution in [2.75, 3.05) is 0 Å². The summed E-state index contributed by atoms with van der Waals surface area (Å²) < 4.78 is 16.8. The molecule has 0 unspecified atom stereocenters. The number of carbonyl (C=O) groups is 1. The Labute approximate surface area is 149 Å². The monoisotopic (exact) mass is 362 g/mol. The van der Waals surface area contributed by atoms with Crippen molar-refractivity contribution in [1.29, 1.82) is 0 Å². The molecular formula is C19H22O7. The van der Waals surface area contributed by atoms with E-state index in [0.717, 1.165) is 0 Å². The number of hydrogen-bond donors (Lipinski definition) is 2. The second-order valence-corrected chi connectivity index (χ2v) is 8.74. The zero-order valence-electron chi connectivity index (χ0n) is 15.1. The van der Waals surface area contributed by atoms with Crippen LogP contribution in [0.2, 0.25) is 0 Å². The average molecular weight is 362 g/mol. The van der Waals surface area contributed by atoms with E-state index in [1.54, 1.807) is 6.92 Å². The number of rotatable bonds is 1. The van der Waals surface area contributed by atoms with Gasteiger partial charge in [-0.15, -0.1) is 0 Å². The maximum Gasteiger partial charge on any atom is 0.336 e. The van der Waals surface area contributed by atoms with Crippen molar-refractivity contribution >= 4 is 5.97 Å². The van der Waals surface area contributed by atoms with Crippen molar-refractivity contribution in [3.63, 3.8) is 0 Å². The average Bonchev–Trinajstić information content (AvgIpc) is 3.33. The summed E-state index contributed by atoms with van der Waals surface area (Å²) in [6.07, 6.45) is -3.74. The summed E-state index contributed by atoms with van der Waals surface area (Å²) >= 11 is 0. The molecule has 8 atom stereocenters. The Balaban J connectivity index is 1.85. The lowest BCUT2D eigenvalue weighted by Gasteiger charge is -2.51. The van der Waals surface area contributed by atoms with Crippen molar-refractivity contribution in [2.24, 2.45) is 11.3 Å². The number of aliphatic hydroxyl groups excluding tert-OH is 2. The third-order valence-electron chi connectivity index (χ3n) is 7.09. The van der Waals surface area contributed by atoms with Gasteiger partial charge in [-0.25, -0.2) is 4.79 Å². The number of esters is 1. The van der Waals surface area contributed by atoms with Crippen molar-refractivity contribution in [3.05, 3.63) is 33.4 Å². The fourth-order valence-corrected chi connectivity index (χ4v) is 5.85. The number of carbonyl (C=O) groups excluding carboxylic acids is 1. The molecule has 4 aliphatic rings. The van der Waals surface area contributed by atoms with Gasteiger partial charge >= 0.3 is 11.6 Å². The Morgan fingerprint density at radius 1 is 1.12 bits per heavy atom. The summed E-state index contributed by atoms with van der Waals surface area (Å²) in [5, 5.41) is 21.8. The van der Waals surface area contributed by atoms with Gasteiger partial charge in [-0.1, -0.05) is 20.8 Å². The third kappa shape index (κ3) is 1.57. The molecule has 1 aromatic rings. The van der Waals surface area contributed by atoms with E-state index in [0.29, 0.717) is 16.9 Å². The number of fused-ring (bicyclic) bond motifs is 4. The van der Waals surface area contributed by atoms with Crippen molar-refractivity contribution in [3.8, 4) is 0 Å². The van der Waals surface area contributed by atoms with Crippen molar-refractivity contribution < 1.29 is 28.9 Å². The van der Waals surface area contributed by atoms with E-state index in [9.17, 15) is 19.8 Å². The summed E-state index contributed by atoms with van der Waals surface area (Å²) in [5.74, 6) is -0.739. The molecular weight excluding hydrogens is 340 g/mol. The molecule has 0 bridgehead atoms. The van der Waals surface area contributed by atoms with Gasteiger partial charge < -0.3 is 24.1 Å². The van der Waals surface area contributed by atoms with Crippen LogP contribution < -0.4 is 5.63 Å². The number of ether oxygens (including phenoxy) is 2. The molecule has 0 amide bonds. The maximum atomic E-state index is 12.7. The lowest BCUT2D eigenvalue weighted by molar-refractivity contribution is -0.156. The van der Waals surface area contributed by atoms with Gasteiger partial charge in [0.2, 0.25) is 0 Å². The lowest BCUT2D eigenvalue weighted by atomic mass is 9.48. The van der Waals surface area contributed by atoms with Crippen LogP contribution in [-0.4, -0.2) is 40.6 Å². The second kappa shape index (κ2) is 4.58. The highest BCUT2D eigenvalue weighted by Gasteiger charge is 2.79. The highest BCUT2D eigenvalue weighted by Crippen LogP contribution is 2.68. The predicted molar refractivity (Wildman–Crippen MR) is 87.5 cm³/mol. The van der Waals surface area contributed by atoms with Crippen LogP contribution >= 0.6 is 0 Å². The van der Waals surface area contributed by atoms with Crippen molar-refractivity contribution in [1.82, 2.24) is 0 Å². The highest BCUT2D eigenvalue weighted by molar-refractivity contribution is 5.82. The number of epoxide rings is 1. The van der Waals surface area contributed by atoms with Crippen LogP contribution in [0.25, 0.3) is 0 Å². The van der Waals surface area contributed by atoms with Gasteiger partial charge in [0, 0.05) is 28.9 Å². The van der Waals surface area contributed by atoms with E-state index < -0.39 is 52.8 Å². The van der Waals surface area contributed by atoms with E-state index in [4.69, 9.17) is 13.9 Å². The van der Waals surface area contributed by atoms with Crippen molar-refractivity contribution in [2.45, 2.75) is 69.5 Å². The van der Waals surface area contributed by atoms with Gasteiger partial charge in [0.15, 0.2) is 0 Å². The Bertz CT molecular complexity index is 888. The van der Waals surface area contributed by atoms with Crippen LogP contribution in [0.1, 0.15) is 56.6 Å². The molecule has 1 saturated carbocycles. The van der Waals surface area contributed by atoms with Crippen LogP contribution in [-0.2, 0) is 19.7 Å². The van der Waals surface area contributed by atoms with Gasteiger partial charge in [0.25, 0.3) is 0 Å². The minimum atomic E-state index is -1.19. The Morgan fingerprint density at radius 3 is 2.46 bits per heavy atom. The SMILES string of the molecule is CC(C)c1oc(=O)cc2c1[C@@H](O)[C@@H]1OC(=O)[C@]3(C)[C@H](O)[C@@H]4O[C@@H]4[C@@]2(C)[C@H]13. The molecule has 5 rings (SSSR count). The summed E-state index contributed by atoms with van der Waals surface area (Å²) in [4.78, 5) is 25.0. The topological polar surface area (TPSA) is 110 Å². The van der Waals surface area contributed by atoms with Gasteiger partial charge in [-0.3, -0.25) is 4.79 Å². The molecule has 0 spiro atoms. The number of hydrogen-bond acceptors (Lipinski definition) is 7. The fourth-order valence-electron chi connectivity index (χ4n) is 5.85. The fraction of sp³-hybridized carbons (Fsp3) is 0.684. The molecule has 0 aromatic carbocycles. The van der Waals surface area contributed by atoms with E-state index >= 15 is 0 Å². The van der Waals surface area contributed by atoms with Gasteiger partial charge in [0.1, 0.15) is 29.5 Å². The van der Waals surface area contributed by atoms with Gasteiger partial charge in [-0.2, -0.15) is 0 Å². The molecule has 3 fully saturated rings. The van der Waals surface area contributed by atoms with E-state index in [-0.39, 0.29) is 12.0 Å². The molecule has 2 aliphatic heterocycles. The summed E-state index contributed by atoms with van der Waals surface area (Å²) in [6, 6.07) is 1.40. The summed E-state index contributed by atoms with van der Waals surface area (Å²) in [5.41, 5.74) is -1.25. The zero-order valence-corrected chi connectivity index (χ0v) is 15.1. The smallest absolute Gasteiger partial charge is 0.336 e. The van der Waals surface area contributed by atoms with Gasteiger partial charge in [-0.05, 0) is 12.5 Å². The number of aliphatic hydroxyl groups is 2. The molecule has 1 aromatic heterocycles. The quantitative estimate of drug-likeness (QED) is 0.560. The summed E-state index contributed by atoms with van der Waals surface area (Å²) in [6.45, 7) is 7.38. The van der Waals surface area contributed by atoms with Crippen LogP contribution in [0.4, 0.5) is 0 Å². The minimum absolute atomic E-state index is 0.124. The molecule has 3 heterocycles. The summed E-state index contributed by atoms with van der Waals surface area (Å²) in [7, 11) is 0. The Hall–Kier alpha value is -1.70. The molecule has 26 heavy (non-hydrogen) atoms. The maximum absolute atomic E-state index is 12.7. The normalized spacial score (nSPS) is 47.9. The third-order valence-corrected chi connectivity index (χ3v) is 7.09. The largest absolute Gasteiger partial charge is 0.458 e. The van der Waals surface area contributed by atoms with Crippen LogP contribution in [0.15, 0.2) is 15.3 Å². The molecule has 7 heteroatoms. The zero-order chi connectivity index (χ0) is 18.8. The molecule has 2 saturated heterocycles. The van der Waals surface area contributed by atoms with E-state index in [2.05, 4.69) is 0 Å². The van der Waals surface area contributed by atoms with E-state index in [1.165, 1.54) is 6.07 Å². The first-order valence-electron chi connectivity index (χ1n) is 9.04. The van der Waals surface area contributed by atoms with E-state index in [1.807, 2.05) is 20.8 Å². The second-order valence-electron chi connectivity index (χ2n) is 8.74. The first-order chi connectivity index (χ1) is 12.1. The molecule has 0 radical (unpaired) electrons. The standard InChI is InChI=1S/C19H22O7/c1-6(2)11-9-7(5-8(20)24-11)18(3)14-12(10(9)21)26-17(23)19(14,4)15(22)13-16(18)25-13/h5-6,10,12-16,21-22H,1-4H3/t10-,12+,13+,14+,15-,16+,18-,19+/m1/s1. The first kappa shape index (κ1) is 16.5. The molecule has 2 aliphatic carbocycles. The minimum Gasteiger partial charge on any atom is -0.458 e. The molecule has 7 nitrogen and oxygen atoms in total.